The Hall–Kier alpha value is -2.20. The highest BCUT2D eigenvalue weighted by Gasteiger charge is 2.35. The summed E-state index contributed by atoms with van der Waals surface area (Å²) in [5.41, 5.74) is 12.4. The molecule has 208 valence electrons. The third-order valence-electron chi connectivity index (χ3n) is 8.01. The van der Waals surface area contributed by atoms with Gasteiger partial charge in [-0.15, -0.1) is 0 Å². The summed E-state index contributed by atoms with van der Waals surface area (Å²) in [7, 11) is 0. The van der Waals surface area contributed by atoms with E-state index in [1.807, 2.05) is 13.8 Å². The maximum Gasteiger partial charge on any atom is 0.308 e. The molecule has 1 aliphatic rings. The molecular weight excluding hydrogens is 462 g/mol. The lowest BCUT2D eigenvalue weighted by molar-refractivity contribution is -0.132. The predicted octanol–water partition coefficient (Wildman–Crippen LogP) is 9.99. The maximum atomic E-state index is 11.7. The van der Waals surface area contributed by atoms with Gasteiger partial charge in [0, 0.05) is 23.0 Å². The number of esters is 1. The van der Waals surface area contributed by atoms with Crippen LogP contribution in [-0.2, 0) is 17.8 Å². The summed E-state index contributed by atoms with van der Waals surface area (Å²) in [4.78, 5) is 14.7. The van der Waals surface area contributed by atoms with Crippen LogP contribution in [0.2, 0.25) is 0 Å². The Labute approximate surface area is 225 Å². The largest absolute Gasteiger partial charge is 0.487 e. The molecule has 0 fully saturated rings. The fourth-order valence-electron chi connectivity index (χ4n) is 5.58. The van der Waals surface area contributed by atoms with Crippen molar-refractivity contribution in [1.29, 1.82) is 0 Å². The van der Waals surface area contributed by atoms with Gasteiger partial charge in [-0.1, -0.05) is 95.5 Å². The fraction of sp³-hybridized carbons (Fsp3) is 0.774. The number of benzene rings is 1. The van der Waals surface area contributed by atoms with Crippen LogP contribution in [0.5, 0.6) is 11.5 Å². The highest BCUT2D eigenvalue weighted by Crippen LogP contribution is 2.45. The average molecular weight is 514 g/mol. The molecule has 0 N–H and O–H groups in total. The number of unbranched alkanes of at least 4 members (excludes halogenated alkanes) is 13. The molecule has 37 heavy (non-hydrogen) atoms. The van der Waals surface area contributed by atoms with Crippen molar-refractivity contribution in [3.8, 4) is 11.5 Å². The van der Waals surface area contributed by atoms with Gasteiger partial charge in [0.1, 0.15) is 17.1 Å². The van der Waals surface area contributed by atoms with Crippen molar-refractivity contribution in [3.05, 3.63) is 32.7 Å². The molecule has 6 nitrogen and oxygen atoms in total. The summed E-state index contributed by atoms with van der Waals surface area (Å²) < 4.78 is 12.2. The first-order chi connectivity index (χ1) is 17.8. The third kappa shape index (κ3) is 10.2. The van der Waals surface area contributed by atoms with Gasteiger partial charge in [-0.3, -0.25) is 4.79 Å². The van der Waals surface area contributed by atoms with Crippen molar-refractivity contribution in [2.24, 2.45) is 5.11 Å². The minimum Gasteiger partial charge on any atom is -0.487 e. The molecular formula is C31H51N3O3. The molecule has 0 aliphatic carbocycles. The summed E-state index contributed by atoms with van der Waals surface area (Å²) in [6, 6.07) is 0. The number of nitrogens with zero attached hydrogens (tertiary/aromatic N) is 3. The minimum absolute atomic E-state index is 0.154. The zero-order valence-corrected chi connectivity index (χ0v) is 24.3. The van der Waals surface area contributed by atoms with Crippen LogP contribution in [0.15, 0.2) is 5.11 Å². The molecule has 1 atom stereocenters. The zero-order chi connectivity index (χ0) is 27.1. The number of azide groups is 1. The number of carbonyl (C=O) groups is 1. The second-order valence-electron chi connectivity index (χ2n) is 11.2. The smallest absolute Gasteiger partial charge is 0.308 e. The van der Waals surface area contributed by atoms with Crippen molar-refractivity contribution in [2.45, 2.75) is 156 Å². The molecule has 0 amide bonds. The average Bonchev–Trinajstić information content (AvgIpc) is 2.87. The number of carbonyl (C=O) groups excluding carboxylic acids is 1. The molecule has 0 spiro atoms. The molecule has 1 heterocycles. The highest BCUT2D eigenvalue weighted by molar-refractivity contribution is 5.72. The number of hydrogen-bond acceptors (Lipinski definition) is 4. The molecule has 0 saturated carbocycles. The molecule has 6 heteroatoms. The number of fused-ring (bicyclic) bond motifs is 1. The molecule has 1 aliphatic heterocycles. The lowest BCUT2D eigenvalue weighted by Gasteiger charge is -2.38. The first kappa shape index (κ1) is 31.0. The van der Waals surface area contributed by atoms with E-state index < -0.39 is 0 Å². The van der Waals surface area contributed by atoms with E-state index in [1.165, 1.54) is 96.8 Å². The Morgan fingerprint density at radius 3 is 2.00 bits per heavy atom. The summed E-state index contributed by atoms with van der Waals surface area (Å²) in [5, 5.41) is 3.78. The normalized spacial score (nSPS) is 16.6. The molecule has 1 aromatic carbocycles. The summed E-state index contributed by atoms with van der Waals surface area (Å²) in [6.45, 7) is 10.0. The molecule has 0 aromatic heterocycles. The van der Waals surface area contributed by atoms with E-state index in [9.17, 15) is 4.79 Å². The number of ether oxygens (including phenoxy) is 2. The lowest BCUT2D eigenvalue weighted by atomic mass is 9.84. The van der Waals surface area contributed by atoms with Gasteiger partial charge in [-0.2, -0.15) is 0 Å². The van der Waals surface area contributed by atoms with Crippen LogP contribution in [0, 0.1) is 13.8 Å². The number of hydrogen-bond donors (Lipinski definition) is 0. The minimum atomic E-state index is -0.371. The van der Waals surface area contributed by atoms with Gasteiger partial charge in [0.15, 0.2) is 0 Å². The molecule has 1 unspecified atom stereocenters. The Morgan fingerprint density at radius 2 is 1.49 bits per heavy atom. The third-order valence-corrected chi connectivity index (χ3v) is 8.01. The standard InChI is InChI=1S/C31H51N3O3/c1-6-7-8-9-10-11-12-13-14-15-16-17-18-19-21-31(5)22-20-27-28(23-33-34-32)29(36-26(4)35)24(2)25(3)30(27)37-31/h6-23H2,1-5H3. The Bertz CT molecular complexity index is 908. The summed E-state index contributed by atoms with van der Waals surface area (Å²) in [6.07, 6.45) is 21.9. The van der Waals surface area contributed by atoms with E-state index in [0.29, 0.717) is 5.75 Å². The van der Waals surface area contributed by atoms with Gasteiger partial charge in [0.2, 0.25) is 0 Å². The molecule has 1 aromatic rings. The Morgan fingerprint density at radius 1 is 0.946 bits per heavy atom. The van der Waals surface area contributed by atoms with Crippen molar-refractivity contribution in [2.75, 3.05) is 0 Å². The van der Waals surface area contributed by atoms with Crippen LogP contribution in [0.1, 0.15) is 146 Å². The van der Waals surface area contributed by atoms with E-state index in [0.717, 1.165) is 47.3 Å². The topological polar surface area (TPSA) is 84.3 Å². The van der Waals surface area contributed by atoms with Gasteiger partial charge in [0.05, 0.1) is 6.54 Å². The van der Waals surface area contributed by atoms with E-state index in [-0.39, 0.29) is 18.1 Å². The van der Waals surface area contributed by atoms with E-state index in [2.05, 4.69) is 23.9 Å². The van der Waals surface area contributed by atoms with Crippen LogP contribution in [0.25, 0.3) is 10.4 Å². The predicted molar refractivity (Wildman–Crippen MR) is 152 cm³/mol. The van der Waals surface area contributed by atoms with Crippen LogP contribution in [0.4, 0.5) is 0 Å². The first-order valence-corrected chi connectivity index (χ1v) is 14.9. The maximum absolute atomic E-state index is 11.7. The summed E-state index contributed by atoms with van der Waals surface area (Å²) in [5.74, 6) is 1.04. The zero-order valence-electron chi connectivity index (χ0n) is 24.3. The first-order valence-electron chi connectivity index (χ1n) is 14.9. The van der Waals surface area contributed by atoms with Crippen LogP contribution in [0.3, 0.4) is 0 Å². The Balaban J connectivity index is 1.78. The van der Waals surface area contributed by atoms with Crippen molar-refractivity contribution in [3.63, 3.8) is 0 Å². The highest BCUT2D eigenvalue weighted by atomic mass is 16.5. The molecule has 0 saturated heterocycles. The van der Waals surface area contributed by atoms with Gasteiger partial charge in [-0.05, 0) is 63.1 Å². The van der Waals surface area contributed by atoms with Gasteiger partial charge in [0.25, 0.3) is 0 Å². The van der Waals surface area contributed by atoms with Crippen LogP contribution < -0.4 is 9.47 Å². The van der Waals surface area contributed by atoms with Crippen LogP contribution >= 0.6 is 0 Å². The van der Waals surface area contributed by atoms with Gasteiger partial charge >= 0.3 is 5.97 Å². The summed E-state index contributed by atoms with van der Waals surface area (Å²) >= 11 is 0. The van der Waals surface area contributed by atoms with Crippen molar-refractivity contribution in [1.82, 2.24) is 0 Å². The lowest BCUT2D eigenvalue weighted by Crippen LogP contribution is -2.37. The monoisotopic (exact) mass is 513 g/mol. The molecule has 0 bridgehead atoms. The second-order valence-corrected chi connectivity index (χ2v) is 11.2. The Kier molecular flexibility index (Phi) is 13.9. The van der Waals surface area contributed by atoms with E-state index in [1.54, 1.807) is 0 Å². The van der Waals surface area contributed by atoms with Crippen LogP contribution in [-0.4, -0.2) is 11.6 Å². The van der Waals surface area contributed by atoms with E-state index >= 15 is 0 Å². The quantitative estimate of drug-likeness (QED) is 0.0488. The van der Waals surface area contributed by atoms with Gasteiger partial charge < -0.3 is 9.47 Å². The SMILES string of the molecule is CCCCCCCCCCCCCCCCC1(C)CCc2c(CN=[N+]=[N-])c(OC(C)=O)c(C)c(C)c2O1. The second kappa shape index (κ2) is 16.6. The van der Waals surface area contributed by atoms with E-state index in [4.69, 9.17) is 15.0 Å². The molecule has 2 rings (SSSR count). The fourth-order valence-corrected chi connectivity index (χ4v) is 5.58. The molecule has 0 radical (unpaired) electrons. The van der Waals surface area contributed by atoms with Crippen molar-refractivity contribution < 1.29 is 14.3 Å². The van der Waals surface area contributed by atoms with Crippen molar-refractivity contribution >= 4 is 5.97 Å². The number of rotatable bonds is 18. The van der Waals surface area contributed by atoms with Gasteiger partial charge in [-0.25, -0.2) is 0 Å².